The number of benzene rings is 4. The van der Waals surface area contributed by atoms with Gasteiger partial charge < -0.3 is 20.4 Å². The van der Waals surface area contributed by atoms with Gasteiger partial charge in [0.15, 0.2) is 0 Å². The first-order valence-electron chi connectivity index (χ1n) is 17.3. The van der Waals surface area contributed by atoms with E-state index in [0.29, 0.717) is 37.4 Å². The average molecular weight is 759 g/mol. The quantitative estimate of drug-likeness (QED) is 0.157. The van der Waals surface area contributed by atoms with E-state index in [-0.39, 0.29) is 23.6 Å². The molecule has 1 saturated heterocycles. The van der Waals surface area contributed by atoms with Crippen molar-refractivity contribution >= 4 is 29.6 Å². The lowest BCUT2D eigenvalue weighted by Crippen LogP contribution is -2.47. The minimum atomic E-state index is -4.59. The average Bonchev–Trinajstić information content (AvgIpc) is 3.12. The van der Waals surface area contributed by atoms with Gasteiger partial charge in [0.2, 0.25) is 6.41 Å². The summed E-state index contributed by atoms with van der Waals surface area (Å²) in [4.78, 5) is 38.4. The van der Waals surface area contributed by atoms with Gasteiger partial charge in [0.1, 0.15) is 0 Å². The number of hydrogen-bond donors (Lipinski definition) is 2. The normalized spacial score (nSPS) is 12.8. The van der Waals surface area contributed by atoms with Crippen LogP contribution in [0.5, 0.6) is 0 Å². The molecule has 4 aromatic rings. The molecule has 0 bridgehead atoms. The van der Waals surface area contributed by atoms with Crippen LogP contribution in [0.4, 0.5) is 37.7 Å². The molecule has 0 aliphatic carbocycles. The van der Waals surface area contributed by atoms with E-state index in [1.807, 2.05) is 45.7 Å². The topological polar surface area (TPSA) is 81.8 Å². The molecule has 0 atom stereocenters. The third kappa shape index (κ3) is 14.0. The maximum Gasteiger partial charge on any atom is 0.416 e. The van der Waals surface area contributed by atoms with Gasteiger partial charge in [-0.05, 0) is 119 Å². The number of aryl methyl sites for hydroxylation is 5. The second-order valence-corrected chi connectivity index (χ2v) is 12.6. The summed E-state index contributed by atoms with van der Waals surface area (Å²) in [5, 5.41) is 4.74. The van der Waals surface area contributed by atoms with Gasteiger partial charge >= 0.3 is 12.4 Å². The monoisotopic (exact) mass is 758 g/mol. The minimum absolute atomic E-state index is 0.0534. The molecule has 7 nitrogen and oxygen atoms in total. The summed E-state index contributed by atoms with van der Waals surface area (Å²) >= 11 is 0. The van der Waals surface area contributed by atoms with E-state index in [2.05, 4.69) is 49.6 Å². The predicted molar refractivity (Wildman–Crippen MR) is 202 cm³/mol. The van der Waals surface area contributed by atoms with Crippen molar-refractivity contribution in [1.29, 1.82) is 0 Å². The van der Waals surface area contributed by atoms with Gasteiger partial charge in [-0.2, -0.15) is 26.3 Å². The van der Waals surface area contributed by atoms with E-state index in [1.165, 1.54) is 39.8 Å². The number of rotatable bonds is 5. The highest BCUT2D eigenvalue weighted by Crippen LogP contribution is 2.32. The first-order valence-corrected chi connectivity index (χ1v) is 17.3. The van der Waals surface area contributed by atoms with E-state index in [9.17, 15) is 40.7 Å². The molecular weight excluding hydrogens is 710 g/mol. The Hall–Kier alpha value is -5.17. The molecule has 54 heavy (non-hydrogen) atoms. The van der Waals surface area contributed by atoms with Crippen LogP contribution in [-0.4, -0.2) is 61.3 Å². The van der Waals surface area contributed by atoms with Crippen molar-refractivity contribution in [3.8, 4) is 0 Å². The summed E-state index contributed by atoms with van der Waals surface area (Å²) < 4.78 is 76.0. The van der Waals surface area contributed by atoms with Crippen LogP contribution in [0.2, 0.25) is 0 Å². The zero-order chi connectivity index (χ0) is 40.8. The number of amides is 3. The SMILES string of the molecule is CC.CN1CCN(C(=O)c2cc(NC=O)cc(C(F)(F)F)c2)CC1.Cc1ccc(C(=O)Nc2ccc(C(F)(F)F)cc2)cc1C.Cc1ccc(C)c(C)c1. The molecule has 0 aromatic heterocycles. The summed E-state index contributed by atoms with van der Waals surface area (Å²) in [5.74, 6) is -0.814. The predicted octanol–water partition coefficient (Wildman–Crippen LogP) is 9.87. The zero-order valence-corrected chi connectivity index (χ0v) is 31.8. The van der Waals surface area contributed by atoms with E-state index < -0.39 is 29.4 Å². The molecule has 0 radical (unpaired) electrons. The van der Waals surface area contributed by atoms with Crippen molar-refractivity contribution in [2.24, 2.45) is 0 Å². The number of carbonyl (C=O) groups is 3. The van der Waals surface area contributed by atoms with Gasteiger partial charge in [0, 0.05) is 48.7 Å². The first-order chi connectivity index (χ1) is 25.3. The van der Waals surface area contributed by atoms with Gasteiger partial charge in [-0.3, -0.25) is 14.4 Å². The maximum absolute atomic E-state index is 12.9. The van der Waals surface area contributed by atoms with Gasteiger partial charge in [0.25, 0.3) is 11.8 Å². The summed E-state index contributed by atoms with van der Waals surface area (Å²) in [5.41, 5.74) is 5.11. The minimum Gasteiger partial charge on any atom is -0.336 e. The van der Waals surface area contributed by atoms with Crippen molar-refractivity contribution in [2.45, 2.75) is 60.8 Å². The Bertz CT molecular complexity index is 1850. The molecule has 1 fully saturated rings. The highest BCUT2D eigenvalue weighted by Gasteiger charge is 2.33. The van der Waals surface area contributed by atoms with Crippen molar-refractivity contribution < 1.29 is 40.7 Å². The fourth-order valence-electron chi connectivity index (χ4n) is 4.98. The molecule has 3 amide bonds. The molecule has 0 saturated carbocycles. The number of likely N-dealkylation sites (N-methyl/N-ethyl adjacent to an activating group) is 1. The molecule has 0 spiro atoms. The molecule has 2 N–H and O–H groups in total. The van der Waals surface area contributed by atoms with Gasteiger partial charge in [-0.1, -0.05) is 43.7 Å². The number of halogens is 6. The molecule has 1 aliphatic heterocycles. The molecule has 1 aliphatic rings. The Kier molecular flexibility index (Phi) is 16.9. The molecule has 0 unspecified atom stereocenters. The number of nitrogens with one attached hydrogen (secondary N) is 2. The third-order valence-electron chi connectivity index (χ3n) is 8.42. The highest BCUT2D eigenvalue weighted by molar-refractivity contribution is 6.04. The second kappa shape index (κ2) is 20.3. The standard InChI is InChI=1S/C16H14F3NO.C14H16F3N3O2.C9H12.C2H6/c1-10-3-4-12(9-11(10)2)15(21)20-14-7-5-13(6-8-14)16(17,18)19;1-19-2-4-20(5-3-19)13(22)10-6-11(14(15,16)17)8-12(7-10)18-9-21;1-7-4-5-8(2)9(3)6-7;1-2/h3-9H,1-2H3,(H,20,21);6-9H,2-5H2,1H3,(H,18,21);4-6H,1-3H3;1-2H3. The molecule has 1 heterocycles. The van der Waals surface area contributed by atoms with Crippen LogP contribution in [0.3, 0.4) is 0 Å². The van der Waals surface area contributed by atoms with Crippen molar-refractivity contribution in [3.05, 3.63) is 129 Å². The fraction of sp³-hybridized carbons (Fsp3) is 0.341. The van der Waals surface area contributed by atoms with Gasteiger partial charge in [-0.15, -0.1) is 0 Å². The smallest absolute Gasteiger partial charge is 0.336 e. The summed E-state index contributed by atoms with van der Waals surface area (Å²) in [6.45, 7) is 16.5. The number of nitrogens with zero attached hydrogens (tertiary/aromatic N) is 2. The number of piperazine rings is 1. The first kappa shape index (κ1) is 45.0. The van der Waals surface area contributed by atoms with E-state index in [1.54, 1.807) is 12.1 Å². The summed E-state index contributed by atoms with van der Waals surface area (Å²) in [6, 6.07) is 19.0. The molecule has 5 rings (SSSR count). The second-order valence-electron chi connectivity index (χ2n) is 12.6. The highest BCUT2D eigenvalue weighted by atomic mass is 19.4. The fourth-order valence-corrected chi connectivity index (χ4v) is 4.98. The molecule has 292 valence electrons. The Balaban J connectivity index is 0.000000294. The third-order valence-corrected chi connectivity index (χ3v) is 8.42. The van der Waals surface area contributed by atoms with Crippen LogP contribution < -0.4 is 10.6 Å². The summed E-state index contributed by atoms with van der Waals surface area (Å²) in [7, 11) is 1.91. The Morgan fingerprint density at radius 3 is 1.63 bits per heavy atom. The van der Waals surface area contributed by atoms with Crippen LogP contribution in [0.15, 0.2) is 78.9 Å². The largest absolute Gasteiger partial charge is 0.416 e. The lowest BCUT2D eigenvalue weighted by atomic mass is 10.1. The maximum atomic E-state index is 12.9. The number of alkyl halides is 6. The Morgan fingerprint density at radius 2 is 1.15 bits per heavy atom. The zero-order valence-electron chi connectivity index (χ0n) is 31.8. The molecule has 4 aromatic carbocycles. The van der Waals surface area contributed by atoms with Crippen LogP contribution in [0.1, 0.15) is 73.5 Å². The van der Waals surface area contributed by atoms with Gasteiger partial charge in [0.05, 0.1) is 11.1 Å². The molecular formula is C41H48F6N4O3. The van der Waals surface area contributed by atoms with E-state index in [4.69, 9.17) is 0 Å². The Morgan fingerprint density at radius 1 is 0.611 bits per heavy atom. The Labute approximate surface area is 313 Å². The number of hydrogen-bond acceptors (Lipinski definition) is 4. The molecule has 13 heteroatoms. The van der Waals surface area contributed by atoms with Crippen LogP contribution >= 0.6 is 0 Å². The van der Waals surface area contributed by atoms with Gasteiger partial charge in [-0.25, -0.2) is 0 Å². The summed E-state index contributed by atoms with van der Waals surface area (Å²) in [6.07, 6.45) is -8.69. The number of carbonyl (C=O) groups excluding carboxylic acids is 3. The van der Waals surface area contributed by atoms with E-state index in [0.717, 1.165) is 35.4 Å². The van der Waals surface area contributed by atoms with Crippen LogP contribution in [0.25, 0.3) is 0 Å². The van der Waals surface area contributed by atoms with Crippen molar-refractivity contribution in [1.82, 2.24) is 9.80 Å². The van der Waals surface area contributed by atoms with Crippen molar-refractivity contribution in [2.75, 3.05) is 43.9 Å². The lowest BCUT2D eigenvalue weighted by molar-refractivity contribution is -0.138. The lowest BCUT2D eigenvalue weighted by Gasteiger charge is -2.32. The van der Waals surface area contributed by atoms with Crippen LogP contribution in [0, 0.1) is 34.6 Å². The number of anilines is 2. The van der Waals surface area contributed by atoms with E-state index >= 15 is 0 Å². The van der Waals surface area contributed by atoms with Crippen molar-refractivity contribution in [3.63, 3.8) is 0 Å². The van der Waals surface area contributed by atoms with Crippen LogP contribution in [-0.2, 0) is 17.1 Å².